The lowest BCUT2D eigenvalue weighted by Gasteiger charge is -2.29. The fraction of sp³-hybridized carbons (Fsp3) is 0.529. The molecule has 2 aromatic rings. The van der Waals surface area contributed by atoms with E-state index in [0.717, 1.165) is 29.6 Å². The van der Waals surface area contributed by atoms with E-state index in [1.54, 1.807) is 6.20 Å². The number of rotatable bonds is 5. The van der Waals surface area contributed by atoms with Gasteiger partial charge in [0.05, 0.1) is 23.6 Å². The third-order valence-corrected chi connectivity index (χ3v) is 4.16. The number of pyridine rings is 2. The van der Waals surface area contributed by atoms with Crippen LogP contribution in [0.25, 0.3) is 10.9 Å². The van der Waals surface area contributed by atoms with Crippen molar-refractivity contribution < 1.29 is 0 Å². The van der Waals surface area contributed by atoms with Crippen LogP contribution in [0.1, 0.15) is 40.0 Å². The van der Waals surface area contributed by atoms with Crippen molar-refractivity contribution in [2.75, 3.05) is 22.5 Å². The van der Waals surface area contributed by atoms with Crippen LogP contribution in [0.2, 0.25) is 0 Å². The van der Waals surface area contributed by atoms with Gasteiger partial charge in [-0.25, -0.2) is 4.98 Å². The van der Waals surface area contributed by atoms with Crippen LogP contribution >= 0.6 is 0 Å². The lowest BCUT2D eigenvalue weighted by Crippen LogP contribution is -2.38. The van der Waals surface area contributed by atoms with E-state index in [-0.39, 0.29) is 0 Å². The van der Waals surface area contributed by atoms with E-state index in [1.807, 2.05) is 12.3 Å². The van der Waals surface area contributed by atoms with E-state index in [1.165, 1.54) is 18.5 Å². The van der Waals surface area contributed by atoms with Crippen LogP contribution in [-0.2, 0) is 0 Å². The summed E-state index contributed by atoms with van der Waals surface area (Å²) in [6.45, 7) is 7.74. The number of nitrogens with zero attached hydrogens (tertiary/aromatic N) is 3. The van der Waals surface area contributed by atoms with E-state index < -0.39 is 0 Å². The number of anilines is 3. The van der Waals surface area contributed by atoms with E-state index >= 15 is 0 Å². The molecule has 0 saturated carbocycles. The Labute approximate surface area is 131 Å². The van der Waals surface area contributed by atoms with Crippen molar-refractivity contribution in [1.29, 1.82) is 0 Å². The predicted molar refractivity (Wildman–Crippen MR) is 93.1 cm³/mol. The maximum absolute atomic E-state index is 6.19. The molecule has 1 aliphatic heterocycles. The summed E-state index contributed by atoms with van der Waals surface area (Å²) >= 11 is 0. The summed E-state index contributed by atoms with van der Waals surface area (Å²) in [5, 5.41) is 4.73. The zero-order chi connectivity index (χ0) is 15.7. The van der Waals surface area contributed by atoms with Crippen LogP contribution in [-0.4, -0.2) is 22.7 Å². The maximum atomic E-state index is 6.19. The Morgan fingerprint density at radius 3 is 2.95 bits per heavy atom. The highest BCUT2D eigenvalue weighted by atomic mass is 15.3. The summed E-state index contributed by atoms with van der Waals surface area (Å²) in [5.41, 5.74) is 9.24. The smallest absolute Gasteiger partial charge is 0.149 e. The highest BCUT2D eigenvalue weighted by molar-refractivity contribution is 6.03. The molecular formula is C17H25N5. The Morgan fingerprint density at radius 2 is 2.23 bits per heavy atom. The molecule has 0 amide bonds. The van der Waals surface area contributed by atoms with Crippen LogP contribution in [0.4, 0.5) is 17.2 Å². The molecule has 0 aromatic carbocycles. The summed E-state index contributed by atoms with van der Waals surface area (Å²) < 4.78 is 0. The van der Waals surface area contributed by atoms with Gasteiger partial charge in [-0.2, -0.15) is 0 Å². The second-order valence-corrected chi connectivity index (χ2v) is 6.46. The maximum Gasteiger partial charge on any atom is 0.149 e. The molecule has 5 nitrogen and oxygen atoms in total. The zero-order valence-electron chi connectivity index (χ0n) is 13.6. The first-order valence-electron chi connectivity index (χ1n) is 8.18. The third-order valence-electron chi connectivity index (χ3n) is 4.16. The minimum absolute atomic E-state index is 0.306. The Hall–Kier alpha value is -2.04. The molecule has 0 radical (unpaired) electrons. The minimum Gasteiger partial charge on any atom is -0.382 e. The van der Waals surface area contributed by atoms with Crippen LogP contribution in [0.3, 0.4) is 0 Å². The van der Waals surface area contributed by atoms with Gasteiger partial charge in [0.25, 0.3) is 0 Å². The monoisotopic (exact) mass is 299 g/mol. The van der Waals surface area contributed by atoms with Gasteiger partial charge in [0.1, 0.15) is 11.5 Å². The van der Waals surface area contributed by atoms with E-state index in [0.29, 0.717) is 17.9 Å². The Kier molecular flexibility index (Phi) is 4.05. The predicted octanol–water partition coefficient (Wildman–Crippen LogP) is 3.62. The molecule has 118 valence electrons. The van der Waals surface area contributed by atoms with Gasteiger partial charge in [0.15, 0.2) is 0 Å². The Bertz CT molecular complexity index is 667. The van der Waals surface area contributed by atoms with Crippen molar-refractivity contribution in [3.8, 4) is 0 Å². The van der Waals surface area contributed by atoms with E-state index in [4.69, 9.17) is 5.73 Å². The first-order valence-corrected chi connectivity index (χ1v) is 8.18. The molecule has 0 spiro atoms. The topological polar surface area (TPSA) is 67.1 Å². The molecule has 0 saturated heterocycles. The number of nitrogens with one attached hydrogen (secondary N) is 1. The van der Waals surface area contributed by atoms with Crippen molar-refractivity contribution in [2.24, 2.45) is 5.92 Å². The van der Waals surface area contributed by atoms with Gasteiger partial charge in [-0.3, -0.25) is 4.98 Å². The first-order chi connectivity index (χ1) is 10.6. The van der Waals surface area contributed by atoms with Gasteiger partial charge < -0.3 is 16.0 Å². The number of hydrogen-bond acceptors (Lipinski definition) is 5. The molecule has 3 heterocycles. The fourth-order valence-corrected chi connectivity index (χ4v) is 3.20. The number of nitrogens with two attached hydrogens (primary N) is 1. The van der Waals surface area contributed by atoms with Crippen molar-refractivity contribution in [1.82, 2.24) is 9.97 Å². The van der Waals surface area contributed by atoms with E-state index in [9.17, 15) is 0 Å². The average molecular weight is 299 g/mol. The Morgan fingerprint density at radius 1 is 1.41 bits per heavy atom. The minimum atomic E-state index is 0.306. The molecule has 0 aliphatic carbocycles. The standard InChI is InChI=1S/C17H25N5/c1-4-5-6-14-21-15-16(22(14)10-11(2)3)12-7-8-19-9-13(12)20-17(15)18/h7-9,11,14,21H,4-6,10H2,1-3H3,(H2,18,20). The van der Waals surface area contributed by atoms with Crippen molar-refractivity contribution in [3.05, 3.63) is 18.5 Å². The molecule has 3 N–H and O–H groups in total. The van der Waals surface area contributed by atoms with Crippen molar-refractivity contribution in [3.63, 3.8) is 0 Å². The number of nitrogen functional groups attached to an aromatic ring is 1. The van der Waals surface area contributed by atoms with E-state index in [2.05, 4.69) is 41.0 Å². The normalized spacial score (nSPS) is 17.1. The summed E-state index contributed by atoms with van der Waals surface area (Å²) in [7, 11) is 0. The summed E-state index contributed by atoms with van der Waals surface area (Å²) in [4.78, 5) is 11.1. The third kappa shape index (κ3) is 2.56. The number of fused-ring (bicyclic) bond motifs is 3. The molecule has 3 rings (SSSR count). The van der Waals surface area contributed by atoms with Gasteiger partial charge in [0, 0.05) is 18.1 Å². The second-order valence-electron chi connectivity index (χ2n) is 6.46. The molecule has 0 bridgehead atoms. The van der Waals surface area contributed by atoms with Gasteiger partial charge >= 0.3 is 0 Å². The number of aromatic nitrogens is 2. The number of hydrogen-bond donors (Lipinski definition) is 2. The zero-order valence-corrected chi connectivity index (χ0v) is 13.6. The lowest BCUT2D eigenvalue weighted by atomic mass is 10.1. The van der Waals surface area contributed by atoms with Crippen molar-refractivity contribution >= 4 is 28.1 Å². The summed E-state index contributed by atoms with van der Waals surface area (Å²) in [5.74, 6) is 1.16. The van der Waals surface area contributed by atoms with Crippen LogP contribution in [0, 0.1) is 5.92 Å². The highest BCUT2D eigenvalue weighted by Crippen LogP contribution is 2.44. The molecule has 22 heavy (non-hydrogen) atoms. The van der Waals surface area contributed by atoms with Crippen LogP contribution in [0.15, 0.2) is 18.5 Å². The highest BCUT2D eigenvalue weighted by Gasteiger charge is 2.32. The summed E-state index contributed by atoms with van der Waals surface area (Å²) in [6, 6.07) is 2.04. The van der Waals surface area contributed by atoms with Gasteiger partial charge in [-0.05, 0) is 24.8 Å². The average Bonchev–Trinajstić information content (AvgIpc) is 2.84. The summed E-state index contributed by atoms with van der Waals surface area (Å²) in [6.07, 6.45) is 7.44. The van der Waals surface area contributed by atoms with Gasteiger partial charge in [0.2, 0.25) is 0 Å². The lowest BCUT2D eigenvalue weighted by molar-refractivity contribution is 0.535. The van der Waals surface area contributed by atoms with Crippen molar-refractivity contribution in [2.45, 2.75) is 46.2 Å². The quantitative estimate of drug-likeness (QED) is 0.882. The molecule has 2 aromatic heterocycles. The molecule has 0 fully saturated rings. The molecule has 5 heteroatoms. The Balaban J connectivity index is 2.10. The number of unbranched alkanes of at least 4 members (excludes halogenated alkanes) is 1. The van der Waals surface area contributed by atoms with Gasteiger partial charge in [-0.15, -0.1) is 0 Å². The van der Waals surface area contributed by atoms with Crippen LogP contribution in [0.5, 0.6) is 0 Å². The van der Waals surface area contributed by atoms with Crippen LogP contribution < -0.4 is 16.0 Å². The molecule has 1 unspecified atom stereocenters. The SMILES string of the molecule is CCCCC1Nc2c(N)nc3cnccc3c2N1CC(C)C. The molecule has 1 aliphatic rings. The van der Waals surface area contributed by atoms with Gasteiger partial charge in [-0.1, -0.05) is 27.2 Å². The second kappa shape index (κ2) is 5.99. The largest absolute Gasteiger partial charge is 0.382 e. The fourth-order valence-electron chi connectivity index (χ4n) is 3.20. The molecular weight excluding hydrogens is 274 g/mol. The molecule has 1 atom stereocenters. The first kappa shape index (κ1) is 14.9.